The largest absolute Gasteiger partial charge is 0.352 e. The van der Waals surface area contributed by atoms with Crippen molar-refractivity contribution < 1.29 is 4.79 Å². The SMILES string of the molecule is CN(C1CC1)C1CCCCC1NC(=O)Cc1ccc(N=[N+]=[N-])cc1. The van der Waals surface area contributed by atoms with Gasteiger partial charge in [0.05, 0.1) is 6.42 Å². The quantitative estimate of drug-likeness (QED) is 0.491. The van der Waals surface area contributed by atoms with Crippen LogP contribution in [-0.4, -0.2) is 36.0 Å². The molecule has 24 heavy (non-hydrogen) atoms. The predicted molar refractivity (Wildman–Crippen MR) is 93.9 cm³/mol. The van der Waals surface area contributed by atoms with Crippen molar-refractivity contribution >= 4 is 11.6 Å². The van der Waals surface area contributed by atoms with E-state index in [-0.39, 0.29) is 11.9 Å². The molecule has 0 aliphatic heterocycles. The second kappa shape index (κ2) is 7.69. The lowest BCUT2D eigenvalue weighted by Gasteiger charge is -2.38. The number of nitrogens with one attached hydrogen (secondary N) is 1. The maximum atomic E-state index is 12.4. The van der Waals surface area contributed by atoms with Gasteiger partial charge < -0.3 is 5.32 Å². The van der Waals surface area contributed by atoms with Crippen molar-refractivity contribution in [3.63, 3.8) is 0 Å². The minimum absolute atomic E-state index is 0.0765. The summed E-state index contributed by atoms with van der Waals surface area (Å²) in [7, 11) is 2.21. The Hall–Kier alpha value is -2.04. The summed E-state index contributed by atoms with van der Waals surface area (Å²) in [6.45, 7) is 0. The van der Waals surface area contributed by atoms with Gasteiger partial charge in [-0.15, -0.1) is 0 Å². The number of benzene rings is 1. The smallest absolute Gasteiger partial charge is 0.224 e. The lowest BCUT2D eigenvalue weighted by Crippen LogP contribution is -2.53. The highest BCUT2D eigenvalue weighted by molar-refractivity contribution is 5.79. The summed E-state index contributed by atoms with van der Waals surface area (Å²) < 4.78 is 0. The van der Waals surface area contributed by atoms with Crippen LogP contribution in [0.3, 0.4) is 0 Å². The molecule has 2 saturated carbocycles. The lowest BCUT2D eigenvalue weighted by molar-refractivity contribution is -0.121. The molecule has 0 spiro atoms. The van der Waals surface area contributed by atoms with Crippen LogP contribution < -0.4 is 5.32 Å². The van der Waals surface area contributed by atoms with Gasteiger partial charge in [0.1, 0.15) is 0 Å². The van der Waals surface area contributed by atoms with Crippen LogP contribution in [-0.2, 0) is 11.2 Å². The number of likely N-dealkylation sites (N-methyl/N-ethyl adjacent to an activating group) is 1. The Bertz CT molecular complexity index is 619. The number of rotatable bonds is 6. The molecule has 2 aliphatic carbocycles. The minimum atomic E-state index is 0.0765. The highest BCUT2D eigenvalue weighted by Gasteiger charge is 2.36. The van der Waals surface area contributed by atoms with E-state index in [9.17, 15) is 4.79 Å². The Labute approximate surface area is 142 Å². The first kappa shape index (κ1) is 16.8. The van der Waals surface area contributed by atoms with E-state index >= 15 is 0 Å². The molecule has 0 radical (unpaired) electrons. The fourth-order valence-electron chi connectivity index (χ4n) is 3.70. The zero-order chi connectivity index (χ0) is 16.9. The summed E-state index contributed by atoms with van der Waals surface area (Å²) >= 11 is 0. The van der Waals surface area contributed by atoms with Crippen molar-refractivity contribution in [3.05, 3.63) is 40.3 Å². The second-order valence-electron chi connectivity index (χ2n) is 6.96. The number of hydrogen-bond acceptors (Lipinski definition) is 3. The van der Waals surface area contributed by atoms with E-state index in [1.807, 2.05) is 12.1 Å². The first-order valence-corrected chi connectivity index (χ1v) is 8.82. The van der Waals surface area contributed by atoms with Crippen LogP contribution in [0.5, 0.6) is 0 Å². The number of amides is 1. The van der Waals surface area contributed by atoms with Crippen LogP contribution >= 0.6 is 0 Å². The van der Waals surface area contributed by atoms with Gasteiger partial charge >= 0.3 is 0 Å². The molecule has 1 aromatic carbocycles. The molecule has 6 heteroatoms. The topological polar surface area (TPSA) is 81.1 Å². The van der Waals surface area contributed by atoms with Gasteiger partial charge in [-0.2, -0.15) is 0 Å². The van der Waals surface area contributed by atoms with Crippen molar-refractivity contribution in [2.45, 2.75) is 63.1 Å². The minimum Gasteiger partial charge on any atom is -0.352 e. The monoisotopic (exact) mass is 327 g/mol. The van der Waals surface area contributed by atoms with Gasteiger partial charge in [-0.1, -0.05) is 42.2 Å². The van der Waals surface area contributed by atoms with Gasteiger partial charge in [-0.3, -0.25) is 9.69 Å². The molecule has 6 nitrogen and oxygen atoms in total. The number of carbonyl (C=O) groups is 1. The molecular formula is C18H25N5O. The van der Waals surface area contributed by atoms with E-state index in [2.05, 4.69) is 27.3 Å². The zero-order valence-corrected chi connectivity index (χ0v) is 14.2. The highest BCUT2D eigenvalue weighted by Crippen LogP contribution is 2.32. The summed E-state index contributed by atoms with van der Waals surface area (Å²) in [5.41, 5.74) is 9.93. The van der Waals surface area contributed by atoms with Crippen molar-refractivity contribution in [1.82, 2.24) is 10.2 Å². The molecule has 1 amide bonds. The number of nitrogens with zero attached hydrogens (tertiary/aromatic N) is 4. The molecule has 2 atom stereocenters. The molecule has 1 N–H and O–H groups in total. The Morgan fingerprint density at radius 2 is 1.96 bits per heavy atom. The van der Waals surface area contributed by atoms with Gasteiger partial charge in [0, 0.05) is 28.7 Å². The first-order valence-electron chi connectivity index (χ1n) is 8.82. The molecule has 0 aromatic heterocycles. The van der Waals surface area contributed by atoms with E-state index in [4.69, 9.17) is 5.53 Å². The van der Waals surface area contributed by atoms with Crippen molar-refractivity contribution in [3.8, 4) is 0 Å². The summed E-state index contributed by atoms with van der Waals surface area (Å²) in [5.74, 6) is 0.0765. The van der Waals surface area contributed by atoms with Gasteiger partial charge in [0.2, 0.25) is 5.91 Å². The molecular weight excluding hydrogens is 302 g/mol. The van der Waals surface area contributed by atoms with E-state index in [1.165, 1.54) is 32.1 Å². The fourth-order valence-corrected chi connectivity index (χ4v) is 3.70. The zero-order valence-electron chi connectivity index (χ0n) is 14.2. The average Bonchev–Trinajstić information content (AvgIpc) is 3.42. The molecule has 2 unspecified atom stereocenters. The van der Waals surface area contributed by atoms with E-state index < -0.39 is 0 Å². The molecule has 1 aromatic rings. The summed E-state index contributed by atoms with van der Waals surface area (Å²) in [4.78, 5) is 17.7. The molecule has 2 fully saturated rings. The summed E-state index contributed by atoms with van der Waals surface area (Å²) in [6, 6.07) is 8.64. The molecule has 0 saturated heterocycles. The third-order valence-corrected chi connectivity index (χ3v) is 5.18. The standard InChI is InChI=1S/C18H25N5O/c1-23(15-10-11-15)17-5-3-2-4-16(17)20-18(24)12-13-6-8-14(9-7-13)21-22-19/h6-9,15-17H,2-5,10-12H2,1H3,(H,20,24). The number of carbonyl (C=O) groups excluding carboxylic acids is 1. The lowest BCUT2D eigenvalue weighted by atomic mass is 9.89. The Morgan fingerprint density at radius 1 is 1.25 bits per heavy atom. The Kier molecular flexibility index (Phi) is 5.38. The van der Waals surface area contributed by atoms with Gasteiger partial charge in [0.25, 0.3) is 0 Å². The number of azide groups is 1. The van der Waals surface area contributed by atoms with Crippen LogP contribution in [0.4, 0.5) is 5.69 Å². The van der Waals surface area contributed by atoms with Crippen LogP contribution in [0.25, 0.3) is 10.4 Å². The highest BCUT2D eigenvalue weighted by atomic mass is 16.1. The van der Waals surface area contributed by atoms with Crippen LogP contribution in [0, 0.1) is 0 Å². The Balaban J connectivity index is 1.57. The average molecular weight is 327 g/mol. The summed E-state index contributed by atoms with van der Waals surface area (Å²) in [6.07, 6.45) is 7.67. The molecule has 0 bridgehead atoms. The van der Waals surface area contributed by atoms with Crippen molar-refractivity contribution in [1.29, 1.82) is 0 Å². The molecule has 3 rings (SSSR count). The normalized spacial score (nSPS) is 23.6. The van der Waals surface area contributed by atoms with Crippen LogP contribution in [0.1, 0.15) is 44.1 Å². The molecule has 128 valence electrons. The van der Waals surface area contributed by atoms with Crippen LogP contribution in [0.15, 0.2) is 29.4 Å². The first-order chi connectivity index (χ1) is 11.7. The number of hydrogen-bond donors (Lipinski definition) is 1. The second-order valence-corrected chi connectivity index (χ2v) is 6.96. The van der Waals surface area contributed by atoms with E-state index in [0.717, 1.165) is 18.0 Å². The van der Waals surface area contributed by atoms with Crippen LogP contribution in [0.2, 0.25) is 0 Å². The fraction of sp³-hybridized carbons (Fsp3) is 0.611. The van der Waals surface area contributed by atoms with Gasteiger partial charge in [0.15, 0.2) is 0 Å². The van der Waals surface area contributed by atoms with Gasteiger partial charge in [-0.05, 0) is 43.8 Å². The van der Waals surface area contributed by atoms with E-state index in [1.54, 1.807) is 12.1 Å². The third kappa shape index (κ3) is 4.28. The predicted octanol–water partition coefficient (Wildman–Crippen LogP) is 3.69. The maximum absolute atomic E-state index is 12.4. The molecule has 0 heterocycles. The van der Waals surface area contributed by atoms with E-state index in [0.29, 0.717) is 18.2 Å². The third-order valence-electron chi connectivity index (χ3n) is 5.18. The Morgan fingerprint density at radius 3 is 2.62 bits per heavy atom. The molecule has 2 aliphatic rings. The summed E-state index contributed by atoms with van der Waals surface area (Å²) in [5, 5.41) is 6.80. The van der Waals surface area contributed by atoms with Crippen molar-refractivity contribution in [2.24, 2.45) is 5.11 Å². The van der Waals surface area contributed by atoms with Crippen molar-refractivity contribution in [2.75, 3.05) is 7.05 Å². The van der Waals surface area contributed by atoms with Gasteiger partial charge in [-0.25, -0.2) is 0 Å². The maximum Gasteiger partial charge on any atom is 0.224 e.